The molecule has 0 saturated carbocycles. The largest absolute Gasteiger partial charge is 0.480 e. The van der Waals surface area contributed by atoms with Crippen molar-refractivity contribution in [1.82, 2.24) is 4.98 Å². The van der Waals surface area contributed by atoms with E-state index in [2.05, 4.69) is 20.9 Å². The van der Waals surface area contributed by atoms with Crippen molar-refractivity contribution in [2.24, 2.45) is 0 Å². The summed E-state index contributed by atoms with van der Waals surface area (Å²) in [4.78, 5) is 14.8. The van der Waals surface area contributed by atoms with Crippen molar-refractivity contribution in [3.8, 4) is 11.8 Å². The zero-order valence-electron chi connectivity index (χ0n) is 10.6. The highest BCUT2D eigenvalue weighted by atomic mass is 79.9. The number of carbonyl (C=O) groups is 1. The third-order valence-electron chi connectivity index (χ3n) is 2.59. The standard InChI is InChI=1S/C14H11BrFNO3/c1-19-14-9(7-18)5-6-12(17-14)20-8-10-3-2-4-11(15)13(10)16/h2-7H,8H2,1H3. The van der Waals surface area contributed by atoms with Crippen LogP contribution in [0.15, 0.2) is 34.8 Å². The maximum Gasteiger partial charge on any atom is 0.227 e. The van der Waals surface area contributed by atoms with Gasteiger partial charge in [0.25, 0.3) is 0 Å². The lowest BCUT2D eigenvalue weighted by atomic mass is 10.2. The Kier molecular flexibility index (Phi) is 4.68. The second-order valence-electron chi connectivity index (χ2n) is 3.87. The summed E-state index contributed by atoms with van der Waals surface area (Å²) in [7, 11) is 1.41. The molecule has 0 spiro atoms. The first kappa shape index (κ1) is 14.5. The van der Waals surface area contributed by atoms with Crippen LogP contribution in [0.4, 0.5) is 4.39 Å². The quantitative estimate of drug-likeness (QED) is 0.783. The van der Waals surface area contributed by atoms with Crippen LogP contribution in [0.25, 0.3) is 0 Å². The number of methoxy groups -OCH3 is 1. The van der Waals surface area contributed by atoms with Gasteiger partial charge in [-0.2, -0.15) is 4.98 Å². The fourth-order valence-corrected chi connectivity index (χ4v) is 1.99. The number of halogens is 2. The van der Waals surface area contributed by atoms with E-state index in [4.69, 9.17) is 9.47 Å². The molecule has 2 rings (SSSR count). The van der Waals surface area contributed by atoms with Crippen molar-refractivity contribution in [2.75, 3.05) is 7.11 Å². The van der Waals surface area contributed by atoms with E-state index in [1.165, 1.54) is 19.2 Å². The van der Waals surface area contributed by atoms with Gasteiger partial charge in [-0.3, -0.25) is 4.79 Å². The molecular weight excluding hydrogens is 329 g/mol. The first-order valence-electron chi connectivity index (χ1n) is 5.71. The van der Waals surface area contributed by atoms with Gasteiger partial charge in [0.1, 0.15) is 12.4 Å². The summed E-state index contributed by atoms with van der Waals surface area (Å²) < 4.78 is 24.5. The molecule has 1 aromatic heterocycles. The summed E-state index contributed by atoms with van der Waals surface area (Å²) in [5.74, 6) is 0.0583. The molecule has 0 atom stereocenters. The van der Waals surface area contributed by atoms with Crippen molar-refractivity contribution in [3.63, 3.8) is 0 Å². The van der Waals surface area contributed by atoms with Gasteiger partial charge in [-0.1, -0.05) is 12.1 Å². The Morgan fingerprint density at radius 3 is 2.85 bits per heavy atom. The zero-order chi connectivity index (χ0) is 14.5. The fraction of sp³-hybridized carbons (Fsp3) is 0.143. The first-order valence-corrected chi connectivity index (χ1v) is 6.51. The van der Waals surface area contributed by atoms with Gasteiger partial charge in [-0.25, -0.2) is 4.39 Å². The predicted octanol–water partition coefficient (Wildman–Crippen LogP) is 3.38. The highest BCUT2D eigenvalue weighted by molar-refractivity contribution is 9.10. The van der Waals surface area contributed by atoms with Crippen LogP contribution in [-0.2, 0) is 6.61 Å². The molecule has 0 aliphatic carbocycles. The Labute approximate surface area is 123 Å². The van der Waals surface area contributed by atoms with E-state index in [1.54, 1.807) is 18.2 Å². The lowest BCUT2D eigenvalue weighted by Crippen LogP contribution is -2.02. The van der Waals surface area contributed by atoms with E-state index >= 15 is 0 Å². The molecule has 0 bridgehead atoms. The molecule has 0 radical (unpaired) electrons. The number of rotatable bonds is 5. The molecular formula is C14H11BrFNO3. The molecule has 1 aromatic carbocycles. The number of pyridine rings is 1. The second-order valence-corrected chi connectivity index (χ2v) is 4.72. The van der Waals surface area contributed by atoms with E-state index in [0.717, 1.165) is 0 Å². The summed E-state index contributed by atoms with van der Waals surface area (Å²) in [6, 6.07) is 8.01. The van der Waals surface area contributed by atoms with Gasteiger partial charge in [0.05, 0.1) is 17.1 Å². The molecule has 20 heavy (non-hydrogen) atoms. The normalized spacial score (nSPS) is 10.2. The summed E-state index contributed by atoms with van der Waals surface area (Å²) in [5.41, 5.74) is 0.730. The van der Waals surface area contributed by atoms with E-state index in [-0.39, 0.29) is 24.2 Å². The van der Waals surface area contributed by atoms with Gasteiger partial charge in [0, 0.05) is 11.6 Å². The van der Waals surface area contributed by atoms with Crippen molar-refractivity contribution in [1.29, 1.82) is 0 Å². The van der Waals surface area contributed by atoms with E-state index < -0.39 is 0 Å². The summed E-state index contributed by atoms with van der Waals surface area (Å²) in [6.07, 6.45) is 0.642. The van der Waals surface area contributed by atoms with Gasteiger partial charge in [-0.15, -0.1) is 0 Å². The SMILES string of the molecule is COc1nc(OCc2cccc(Br)c2F)ccc1C=O. The number of nitrogens with zero attached hydrogens (tertiary/aromatic N) is 1. The molecule has 1 heterocycles. The lowest BCUT2D eigenvalue weighted by Gasteiger charge is -2.09. The fourth-order valence-electron chi connectivity index (χ4n) is 1.58. The molecule has 0 fully saturated rings. The summed E-state index contributed by atoms with van der Waals surface area (Å²) in [5, 5.41) is 0. The maximum absolute atomic E-state index is 13.8. The predicted molar refractivity (Wildman–Crippen MR) is 74.6 cm³/mol. The Morgan fingerprint density at radius 2 is 2.15 bits per heavy atom. The monoisotopic (exact) mass is 339 g/mol. The van der Waals surface area contributed by atoms with E-state index in [9.17, 15) is 9.18 Å². The highest BCUT2D eigenvalue weighted by Crippen LogP contribution is 2.22. The number of hydrogen-bond acceptors (Lipinski definition) is 4. The average molecular weight is 340 g/mol. The number of aldehydes is 1. The minimum Gasteiger partial charge on any atom is -0.480 e. The lowest BCUT2D eigenvalue weighted by molar-refractivity contribution is 0.111. The maximum atomic E-state index is 13.8. The van der Waals surface area contributed by atoms with Gasteiger partial charge in [0.2, 0.25) is 11.8 Å². The molecule has 6 heteroatoms. The number of ether oxygens (including phenoxy) is 2. The molecule has 0 saturated heterocycles. The van der Waals surface area contributed by atoms with Crippen LogP contribution in [-0.4, -0.2) is 18.4 Å². The minimum absolute atomic E-state index is 0.0296. The summed E-state index contributed by atoms with van der Waals surface area (Å²) >= 11 is 3.11. The summed E-state index contributed by atoms with van der Waals surface area (Å²) in [6.45, 7) is 0.0296. The molecule has 0 unspecified atom stereocenters. The van der Waals surface area contributed by atoms with Crippen LogP contribution in [0.5, 0.6) is 11.8 Å². The number of carbonyl (C=O) groups excluding carboxylic acids is 1. The Hall–Kier alpha value is -1.95. The van der Waals surface area contributed by atoms with Crippen LogP contribution in [0.1, 0.15) is 15.9 Å². The van der Waals surface area contributed by atoms with E-state index in [1.807, 2.05) is 0 Å². The molecule has 0 aliphatic rings. The smallest absolute Gasteiger partial charge is 0.227 e. The van der Waals surface area contributed by atoms with Crippen molar-refractivity contribution < 1.29 is 18.7 Å². The third-order valence-corrected chi connectivity index (χ3v) is 3.20. The zero-order valence-corrected chi connectivity index (χ0v) is 12.2. The first-order chi connectivity index (χ1) is 9.65. The van der Waals surface area contributed by atoms with Gasteiger partial charge < -0.3 is 9.47 Å². The highest BCUT2D eigenvalue weighted by Gasteiger charge is 2.09. The van der Waals surface area contributed by atoms with Crippen LogP contribution >= 0.6 is 15.9 Å². The van der Waals surface area contributed by atoms with Crippen LogP contribution in [0.2, 0.25) is 0 Å². The average Bonchev–Trinajstić information content (AvgIpc) is 2.48. The molecule has 0 aliphatic heterocycles. The molecule has 2 aromatic rings. The van der Waals surface area contributed by atoms with E-state index in [0.29, 0.717) is 21.9 Å². The van der Waals surface area contributed by atoms with Crippen molar-refractivity contribution in [2.45, 2.75) is 6.61 Å². The number of benzene rings is 1. The molecule has 104 valence electrons. The van der Waals surface area contributed by atoms with Gasteiger partial charge in [0.15, 0.2) is 6.29 Å². The van der Waals surface area contributed by atoms with Gasteiger partial charge in [-0.05, 0) is 28.1 Å². The van der Waals surface area contributed by atoms with Crippen molar-refractivity contribution in [3.05, 3.63) is 51.7 Å². The Bertz CT molecular complexity index is 634. The molecule has 4 nitrogen and oxygen atoms in total. The van der Waals surface area contributed by atoms with Crippen molar-refractivity contribution >= 4 is 22.2 Å². The third kappa shape index (κ3) is 3.14. The van der Waals surface area contributed by atoms with Crippen LogP contribution < -0.4 is 9.47 Å². The van der Waals surface area contributed by atoms with Gasteiger partial charge >= 0.3 is 0 Å². The number of aromatic nitrogens is 1. The molecule has 0 N–H and O–H groups in total. The van der Waals surface area contributed by atoms with Crippen LogP contribution in [0, 0.1) is 5.82 Å². The topological polar surface area (TPSA) is 48.4 Å². The Morgan fingerprint density at radius 1 is 1.35 bits per heavy atom. The Balaban J connectivity index is 2.15. The second kappa shape index (κ2) is 6.47. The van der Waals surface area contributed by atoms with Crippen LogP contribution in [0.3, 0.4) is 0 Å². The minimum atomic E-state index is -0.371. The number of hydrogen-bond donors (Lipinski definition) is 0. The molecule has 0 amide bonds.